The molecular formula is C13H27NO2. The van der Waals surface area contributed by atoms with Crippen molar-refractivity contribution in [1.29, 1.82) is 0 Å². The molecule has 0 aromatic carbocycles. The van der Waals surface area contributed by atoms with Crippen LogP contribution in [0.25, 0.3) is 0 Å². The Balaban J connectivity index is 4.38. The second kappa shape index (κ2) is 9.64. The smallest absolute Gasteiger partial charge is 0.225 e. The van der Waals surface area contributed by atoms with Crippen molar-refractivity contribution < 1.29 is 9.90 Å². The second-order valence-corrected chi connectivity index (χ2v) is 4.32. The molecule has 1 N–H and O–H groups in total. The lowest BCUT2D eigenvalue weighted by molar-refractivity contribution is -0.136. The molecule has 0 heterocycles. The van der Waals surface area contributed by atoms with Gasteiger partial charge in [-0.15, -0.1) is 0 Å². The Morgan fingerprint density at radius 3 is 2.00 bits per heavy atom. The maximum atomic E-state index is 12.2. The fraction of sp³-hybridized carbons (Fsp3) is 0.923. The molecule has 0 saturated carbocycles. The normalized spacial score (nSPS) is 10.8. The van der Waals surface area contributed by atoms with E-state index in [1.54, 1.807) is 0 Å². The van der Waals surface area contributed by atoms with Crippen molar-refractivity contribution in [3.63, 3.8) is 0 Å². The van der Waals surface area contributed by atoms with E-state index in [4.69, 9.17) is 5.11 Å². The third kappa shape index (κ3) is 5.50. The molecule has 0 aliphatic carbocycles. The van der Waals surface area contributed by atoms with Crippen LogP contribution >= 0.6 is 0 Å². The molecule has 0 atom stereocenters. The molecule has 0 aromatic heterocycles. The van der Waals surface area contributed by atoms with Crippen LogP contribution in [0.4, 0.5) is 0 Å². The summed E-state index contributed by atoms with van der Waals surface area (Å²) in [6.07, 6.45) is 5.00. The van der Waals surface area contributed by atoms with Crippen LogP contribution in [0, 0.1) is 5.92 Å². The first-order valence-electron chi connectivity index (χ1n) is 6.60. The third-order valence-electron chi connectivity index (χ3n) is 2.80. The molecule has 0 bridgehead atoms. The highest BCUT2D eigenvalue weighted by atomic mass is 16.3. The summed E-state index contributed by atoms with van der Waals surface area (Å²) in [6, 6.07) is 0. The van der Waals surface area contributed by atoms with Crippen LogP contribution in [0.3, 0.4) is 0 Å². The molecule has 1 amide bonds. The van der Waals surface area contributed by atoms with Gasteiger partial charge in [0.25, 0.3) is 0 Å². The first-order chi connectivity index (χ1) is 7.71. The summed E-state index contributed by atoms with van der Waals surface area (Å²) in [5.74, 6) is 0.396. The van der Waals surface area contributed by atoms with Gasteiger partial charge in [0.1, 0.15) is 0 Å². The highest BCUT2D eigenvalue weighted by Gasteiger charge is 2.21. The van der Waals surface area contributed by atoms with Gasteiger partial charge in [-0.3, -0.25) is 4.79 Å². The average molecular weight is 229 g/mol. The van der Waals surface area contributed by atoms with Gasteiger partial charge in [-0.1, -0.05) is 33.6 Å². The molecule has 0 radical (unpaired) electrons. The fourth-order valence-corrected chi connectivity index (χ4v) is 2.07. The molecule has 0 saturated heterocycles. The van der Waals surface area contributed by atoms with E-state index in [-0.39, 0.29) is 18.4 Å². The summed E-state index contributed by atoms with van der Waals surface area (Å²) in [6.45, 7) is 7.61. The molecule has 0 aliphatic heterocycles. The zero-order valence-electron chi connectivity index (χ0n) is 11.0. The van der Waals surface area contributed by atoms with Gasteiger partial charge in [0, 0.05) is 19.0 Å². The first kappa shape index (κ1) is 15.4. The number of aliphatic hydroxyl groups is 1. The number of hydrogen-bond acceptors (Lipinski definition) is 2. The monoisotopic (exact) mass is 229 g/mol. The van der Waals surface area contributed by atoms with E-state index in [1.807, 2.05) is 4.90 Å². The summed E-state index contributed by atoms with van der Waals surface area (Å²) in [5.41, 5.74) is 0. The van der Waals surface area contributed by atoms with E-state index in [9.17, 15) is 4.79 Å². The molecule has 96 valence electrons. The number of carbonyl (C=O) groups excluding carboxylic acids is 1. The fourth-order valence-electron chi connectivity index (χ4n) is 2.07. The van der Waals surface area contributed by atoms with Crippen molar-refractivity contribution >= 4 is 5.91 Å². The first-order valence-corrected chi connectivity index (χ1v) is 6.60. The zero-order chi connectivity index (χ0) is 12.4. The Morgan fingerprint density at radius 1 is 1.06 bits per heavy atom. The summed E-state index contributed by atoms with van der Waals surface area (Å²) in [7, 11) is 0. The van der Waals surface area contributed by atoms with Crippen LogP contribution in [0.1, 0.15) is 52.9 Å². The lowest BCUT2D eigenvalue weighted by Crippen LogP contribution is -2.38. The van der Waals surface area contributed by atoms with Gasteiger partial charge in [0.05, 0.1) is 6.61 Å². The van der Waals surface area contributed by atoms with Crippen LogP contribution in [-0.2, 0) is 4.79 Å². The molecule has 0 rings (SSSR count). The zero-order valence-corrected chi connectivity index (χ0v) is 11.0. The number of carbonyl (C=O) groups is 1. The van der Waals surface area contributed by atoms with Gasteiger partial charge in [-0.05, 0) is 19.3 Å². The highest BCUT2D eigenvalue weighted by molar-refractivity contribution is 5.78. The van der Waals surface area contributed by atoms with Crippen LogP contribution in [-0.4, -0.2) is 35.6 Å². The van der Waals surface area contributed by atoms with E-state index < -0.39 is 0 Å². The quantitative estimate of drug-likeness (QED) is 0.659. The SMILES string of the molecule is CCCC(CCC)C(=O)N(CCC)CCO. The summed E-state index contributed by atoms with van der Waals surface area (Å²) in [4.78, 5) is 14.0. The second-order valence-electron chi connectivity index (χ2n) is 4.32. The molecule has 0 aromatic rings. The highest BCUT2D eigenvalue weighted by Crippen LogP contribution is 2.16. The standard InChI is InChI=1S/C13H27NO2/c1-4-7-12(8-5-2)13(16)14(9-6-3)10-11-15/h12,15H,4-11H2,1-3H3. The Morgan fingerprint density at radius 2 is 1.62 bits per heavy atom. The number of nitrogens with zero attached hydrogens (tertiary/aromatic N) is 1. The minimum Gasteiger partial charge on any atom is -0.395 e. The van der Waals surface area contributed by atoms with Crippen molar-refractivity contribution in [2.24, 2.45) is 5.92 Å². The van der Waals surface area contributed by atoms with Crippen molar-refractivity contribution in [1.82, 2.24) is 4.90 Å². The van der Waals surface area contributed by atoms with E-state index in [0.717, 1.165) is 38.6 Å². The maximum absolute atomic E-state index is 12.2. The summed E-state index contributed by atoms with van der Waals surface area (Å²) in [5, 5.41) is 8.96. The Hall–Kier alpha value is -0.570. The van der Waals surface area contributed by atoms with Gasteiger partial charge in [-0.25, -0.2) is 0 Å². The molecule has 0 spiro atoms. The van der Waals surface area contributed by atoms with E-state index >= 15 is 0 Å². The lowest BCUT2D eigenvalue weighted by atomic mass is 9.96. The van der Waals surface area contributed by atoms with Gasteiger partial charge >= 0.3 is 0 Å². The van der Waals surface area contributed by atoms with Crippen LogP contribution in [0.2, 0.25) is 0 Å². The molecule has 3 nitrogen and oxygen atoms in total. The lowest BCUT2D eigenvalue weighted by Gasteiger charge is -2.26. The molecule has 0 aliphatic rings. The van der Waals surface area contributed by atoms with Crippen LogP contribution < -0.4 is 0 Å². The van der Waals surface area contributed by atoms with E-state index in [0.29, 0.717) is 6.54 Å². The van der Waals surface area contributed by atoms with Crippen LogP contribution in [0.5, 0.6) is 0 Å². The van der Waals surface area contributed by atoms with Crippen molar-refractivity contribution in [2.45, 2.75) is 52.9 Å². The third-order valence-corrected chi connectivity index (χ3v) is 2.80. The minimum absolute atomic E-state index is 0.0662. The van der Waals surface area contributed by atoms with Crippen LogP contribution in [0.15, 0.2) is 0 Å². The predicted molar refractivity (Wildman–Crippen MR) is 67.3 cm³/mol. The van der Waals surface area contributed by atoms with E-state index in [2.05, 4.69) is 20.8 Å². The molecular weight excluding hydrogens is 202 g/mol. The van der Waals surface area contributed by atoms with E-state index in [1.165, 1.54) is 0 Å². The number of hydrogen-bond donors (Lipinski definition) is 1. The van der Waals surface area contributed by atoms with Gasteiger partial charge in [0.2, 0.25) is 5.91 Å². The number of aliphatic hydroxyl groups excluding tert-OH is 1. The van der Waals surface area contributed by atoms with Gasteiger partial charge in [-0.2, -0.15) is 0 Å². The van der Waals surface area contributed by atoms with Crippen molar-refractivity contribution in [3.8, 4) is 0 Å². The summed E-state index contributed by atoms with van der Waals surface area (Å²) >= 11 is 0. The Bertz CT molecular complexity index is 153. The van der Waals surface area contributed by atoms with Gasteiger partial charge < -0.3 is 10.0 Å². The van der Waals surface area contributed by atoms with Crippen molar-refractivity contribution in [2.75, 3.05) is 19.7 Å². The van der Waals surface area contributed by atoms with Crippen molar-refractivity contribution in [3.05, 3.63) is 0 Å². The largest absolute Gasteiger partial charge is 0.395 e. The molecule has 3 heteroatoms. The number of amides is 1. The average Bonchev–Trinajstić information content (AvgIpc) is 2.27. The predicted octanol–water partition coefficient (Wildman–Crippen LogP) is 2.43. The Kier molecular flexibility index (Phi) is 9.30. The maximum Gasteiger partial charge on any atom is 0.225 e. The topological polar surface area (TPSA) is 40.5 Å². The molecule has 16 heavy (non-hydrogen) atoms. The minimum atomic E-state index is 0.0662. The Labute approximate surface area is 99.8 Å². The molecule has 0 unspecified atom stereocenters. The molecule has 0 fully saturated rings. The summed E-state index contributed by atoms with van der Waals surface area (Å²) < 4.78 is 0. The number of rotatable bonds is 9. The van der Waals surface area contributed by atoms with Gasteiger partial charge in [0.15, 0.2) is 0 Å².